The molecule has 1 fully saturated rings. The molecular formula is C11H12NO2S. The lowest BCUT2D eigenvalue weighted by Crippen LogP contribution is -2.36. The van der Waals surface area contributed by atoms with Gasteiger partial charge in [0.2, 0.25) is 0 Å². The first-order valence-corrected chi connectivity index (χ1v) is 5.62. The van der Waals surface area contributed by atoms with Crippen LogP contribution in [0.25, 0.3) is 0 Å². The van der Waals surface area contributed by atoms with Crippen LogP contribution in [0.1, 0.15) is 5.56 Å². The second kappa shape index (κ2) is 5.09. The lowest BCUT2D eigenvalue weighted by atomic mass is 10.2. The molecule has 1 heterocycles. The maximum Gasteiger partial charge on any atom is 0.0988 e. The van der Waals surface area contributed by atoms with Gasteiger partial charge in [-0.25, -0.2) is 4.21 Å². The highest BCUT2D eigenvalue weighted by Gasteiger charge is 2.13. The normalized spacial score (nSPS) is 16.1. The summed E-state index contributed by atoms with van der Waals surface area (Å²) < 4.78 is 15.8. The summed E-state index contributed by atoms with van der Waals surface area (Å²) in [7, 11) is 0. The fourth-order valence-electron chi connectivity index (χ4n) is 1.68. The highest BCUT2D eigenvalue weighted by molar-refractivity contribution is 7.65. The standard InChI is InChI=1S/C11H12NO2S/c13-15-9-10-3-1-2-4-11(10)12-5-7-14-8-6-12/h1-4H,5-8H2. The molecule has 15 heavy (non-hydrogen) atoms. The number of morpholine rings is 1. The van der Waals surface area contributed by atoms with Crippen molar-refractivity contribution in [3.8, 4) is 0 Å². The van der Waals surface area contributed by atoms with Crippen molar-refractivity contribution in [1.29, 1.82) is 0 Å². The first-order valence-electron chi connectivity index (χ1n) is 4.88. The first kappa shape index (κ1) is 10.4. The van der Waals surface area contributed by atoms with E-state index in [1.807, 2.05) is 24.3 Å². The third kappa shape index (κ3) is 2.46. The summed E-state index contributed by atoms with van der Waals surface area (Å²) in [5.74, 6) is 0. The molecule has 2 rings (SSSR count). The van der Waals surface area contributed by atoms with Crippen molar-refractivity contribution >= 4 is 22.3 Å². The van der Waals surface area contributed by atoms with Gasteiger partial charge in [-0.1, -0.05) is 18.2 Å². The summed E-state index contributed by atoms with van der Waals surface area (Å²) in [6.07, 6.45) is 0. The number of hydrogen-bond acceptors (Lipinski definition) is 3. The van der Waals surface area contributed by atoms with Gasteiger partial charge in [0.1, 0.15) is 0 Å². The zero-order valence-electron chi connectivity index (χ0n) is 8.31. The van der Waals surface area contributed by atoms with E-state index < -0.39 is 0 Å². The van der Waals surface area contributed by atoms with Gasteiger partial charge in [-0.05, 0) is 6.07 Å². The quantitative estimate of drug-likeness (QED) is 0.692. The van der Waals surface area contributed by atoms with E-state index in [9.17, 15) is 4.21 Å². The fourth-order valence-corrected chi connectivity index (χ4v) is 1.95. The van der Waals surface area contributed by atoms with Crippen molar-refractivity contribution in [3.63, 3.8) is 0 Å². The Morgan fingerprint density at radius 1 is 1.27 bits per heavy atom. The van der Waals surface area contributed by atoms with E-state index in [4.69, 9.17) is 4.74 Å². The van der Waals surface area contributed by atoms with Gasteiger partial charge in [0.15, 0.2) is 0 Å². The Hall–Kier alpha value is -1.13. The molecule has 0 amide bonds. The molecule has 0 aliphatic carbocycles. The minimum atomic E-state index is 0.375. The molecule has 1 aliphatic rings. The second-order valence-electron chi connectivity index (χ2n) is 3.30. The topological polar surface area (TPSA) is 29.5 Å². The minimum Gasteiger partial charge on any atom is -0.378 e. The average Bonchev–Trinajstić information content (AvgIpc) is 2.31. The highest BCUT2D eigenvalue weighted by Crippen LogP contribution is 2.19. The van der Waals surface area contributed by atoms with Gasteiger partial charge in [0.05, 0.1) is 29.8 Å². The fraction of sp³-hybridized carbons (Fsp3) is 0.364. The van der Waals surface area contributed by atoms with Gasteiger partial charge in [-0.3, -0.25) is 0 Å². The van der Waals surface area contributed by atoms with Gasteiger partial charge < -0.3 is 9.64 Å². The Labute approximate surface area is 92.7 Å². The number of anilines is 1. The van der Waals surface area contributed by atoms with Crippen LogP contribution in [0.2, 0.25) is 0 Å². The molecular weight excluding hydrogens is 210 g/mol. The largest absolute Gasteiger partial charge is 0.378 e. The number of rotatable bonds is 2. The molecule has 1 aliphatic heterocycles. The predicted octanol–water partition coefficient (Wildman–Crippen LogP) is 0.763. The van der Waals surface area contributed by atoms with E-state index in [-0.39, 0.29) is 0 Å². The molecule has 79 valence electrons. The summed E-state index contributed by atoms with van der Waals surface area (Å²) in [6, 6.07) is 7.83. The summed E-state index contributed by atoms with van der Waals surface area (Å²) in [6.45, 7) is 3.25. The number of para-hydroxylation sites is 1. The maximum atomic E-state index is 10.5. The van der Waals surface area contributed by atoms with Crippen LogP contribution in [0.5, 0.6) is 0 Å². The number of nitrogens with zero attached hydrogens (tertiary/aromatic N) is 1. The van der Waals surface area contributed by atoms with E-state index in [1.54, 1.807) is 0 Å². The van der Waals surface area contributed by atoms with Crippen LogP contribution in [0.3, 0.4) is 0 Å². The number of benzene rings is 1. The average molecular weight is 222 g/mol. The Bertz CT molecular complexity index is 382. The van der Waals surface area contributed by atoms with Crippen LogP contribution in [-0.2, 0) is 16.0 Å². The lowest BCUT2D eigenvalue weighted by Gasteiger charge is -2.29. The van der Waals surface area contributed by atoms with E-state index in [2.05, 4.69) is 10.3 Å². The van der Waals surface area contributed by atoms with Crippen molar-refractivity contribution in [2.45, 2.75) is 0 Å². The van der Waals surface area contributed by atoms with Crippen LogP contribution in [0.15, 0.2) is 24.3 Å². The lowest BCUT2D eigenvalue weighted by molar-refractivity contribution is 0.122. The van der Waals surface area contributed by atoms with E-state index in [0.717, 1.165) is 37.6 Å². The van der Waals surface area contributed by atoms with Crippen molar-refractivity contribution < 1.29 is 8.95 Å². The van der Waals surface area contributed by atoms with Crippen molar-refractivity contribution in [3.05, 3.63) is 29.8 Å². The van der Waals surface area contributed by atoms with Gasteiger partial charge in [-0.15, -0.1) is 0 Å². The van der Waals surface area contributed by atoms with Crippen LogP contribution < -0.4 is 4.90 Å². The summed E-state index contributed by atoms with van der Waals surface area (Å²) >= 11 is 0.375. The molecule has 4 heteroatoms. The molecule has 0 spiro atoms. The SMILES string of the molecule is O=S=[C]c1ccccc1N1CCOCC1. The van der Waals surface area contributed by atoms with Gasteiger partial charge in [0.25, 0.3) is 0 Å². The molecule has 1 aromatic carbocycles. The Morgan fingerprint density at radius 3 is 2.73 bits per heavy atom. The Morgan fingerprint density at radius 2 is 2.00 bits per heavy atom. The van der Waals surface area contributed by atoms with Gasteiger partial charge in [0, 0.05) is 24.3 Å². The van der Waals surface area contributed by atoms with Crippen LogP contribution in [0, 0.1) is 0 Å². The molecule has 0 aromatic heterocycles. The van der Waals surface area contributed by atoms with E-state index >= 15 is 0 Å². The second-order valence-corrected chi connectivity index (χ2v) is 3.67. The maximum absolute atomic E-state index is 10.5. The predicted molar refractivity (Wildman–Crippen MR) is 61.7 cm³/mol. The summed E-state index contributed by atoms with van der Waals surface area (Å²) in [5.41, 5.74) is 1.95. The van der Waals surface area contributed by atoms with Gasteiger partial charge in [-0.2, -0.15) is 0 Å². The molecule has 1 aromatic rings. The molecule has 1 saturated heterocycles. The third-order valence-electron chi connectivity index (χ3n) is 2.41. The molecule has 0 N–H and O–H groups in total. The molecule has 0 atom stereocenters. The summed E-state index contributed by atoms with van der Waals surface area (Å²) in [5, 5.41) is 2.75. The van der Waals surface area contributed by atoms with Crippen molar-refractivity contribution in [1.82, 2.24) is 0 Å². The molecule has 0 unspecified atom stereocenters. The smallest absolute Gasteiger partial charge is 0.0988 e. The molecule has 0 saturated carbocycles. The Kier molecular flexibility index (Phi) is 3.53. The molecule has 1 radical (unpaired) electrons. The zero-order chi connectivity index (χ0) is 10.5. The number of ether oxygens (including phenoxy) is 1. The van der Waals surface area contributed by atoms with Crippen molar-refractivity contribution in [2.75, 3.05) is 31.2 Å². The summed E-state index contributed by atoms with van der Waals surface area (Å²) in [4.78, 5) is 2.22. The molecule has 3 nitrogen and oxygen atoms in total. The number of hydrogen-bond donors (Lipinski definition) is 0. The van der Waals surface area contributed by atoms with Crippen LogP contribution in [0.4, 0.5) is 5.69 Å². The van der Waals surface area contributed by atoms with E-state index in [1.165, 1.54) is 0 Å². The monoisotopic (exact) mass is 222 g/mol. The minimum absolute atomic E-state index is 0.375. The zero-order valence-corrected chi connectivity index (χ0v) is 9.13. The van der Waals surface area contributed by atoms with Crippen molar-refractivity contribution in [2.24, 2.45) is 0 Å². The van der Waals surface area contributed by atoms with Crippen LogP contribution in [-0.4, -0.2) is 35.9 Å². The molecule has 0 bridgehead atoms. The third-order valence-corrected chi connectivity index (χ3v) is 2.71. The van der Waals surface area contributed by atoms with Gasteiger partial charge >= 0.3 is 0 Å². The Balaban J connectivity index is 2.28. The first-order chi connectivity index (χ1) is 7.42. The van der Waals surface area contributed by atoms with Crippen LogP contribution >= 0.6 is 0 Å². The van der Waals surface area contributed by atoms with E-state index in [0.29, 0.717) is 11.3 Å². The highest BCUT2D eigenvalue weighted by atomic mass is 32.1.